The van der Waals surface area contributed by atoms with Crippen LogP contribution in [0.5, 0.6) is 0 Å². The van der Waals surface area contributed by atoms with Crippen molar-refractivity contribution < 1.29 is 0 Å². The van der Waals surface area contributed by atoms with Crippen molar-refractivity contribution in [2.24, 2.45) is 0 Å². The summed E-state index contributed by atoms with van der Waals surface area (Å²) in [7, 11) is 4.15. The zero-order valence-corrected chi connectivity index (χ0v) is 12.3. The van der Waals surface area contributed by atoms with Gasteiger partial charge in [-0.3, -0.25) is 14.6 Å². The summed E-state index contributed by atoms with van der Waals surface area (Å²) in [6.45, 7) is 3.18. The third-order valence-corrected chi connectivity index (χ3v) is 3.37. The van der Waals surface area contributed by atoms with Crippen LogP contribution in [0.3, 0.4) is 0 Å². The van der Waals surface area contributed by atoms with Crippen molar-refractivity contribution >= 4 is 12.2 Å². The van der Waals surface area contributed by atoms with Gasteiger partial charge in [0, 0.05) is 24.0 Å². The Bertz CT molecular complexity index is 572. The average Bonchev–Trinajstić information content (AvgIpc) is 2.79. The van der Waals surface area contributed by atoms with Gasteiger partial charge in [-0.1, -0.05) is 0 Å². The molecular formula is C13H19N5S. The van der Waals surface area contributed by atoms with Crippen LogP contribution < -0.4 is 0 Å². The summed E-state index contributed by atoms with van der Waals surface area (Å²) < 4.78 is 2.74. The van der Waals surface area contributed by atoms with Gasteiger partial charge in [-0.05, 0) is 58.3 Å². The molecule has 0 aromatic carbocycles. The highest BCUT2D eigenvalue weighted by atomic mass is 32.1. The molecular weight excluding hydrogens is 258 g/mol. The number of nitrogens with zero attached hydrogens (tertiary/aromatic N) is 4. The van der Waals surface area contributed by atoms with E-state index >= 15 is 0 Å². The van der Waals surface area contributed by atoms with E-state index in [4.69, 9.17) is 12.2 Å². The van der Waals surface area contributed by atoms with Crippen LogP contribution in [0, 0.1) is 4.77 Å². The van der Waals surface area contributed by atoms with E-state index in [1.54, 1.807) is 12.4 Å². The minimum absolute atomic E-state index is 0.303. The van der Waals surface area contributed by atoms with Gasteiger partial charge in [0.05, 0.1) is 0 Å². The Hall–Kier alpha value is -1.53. The minimum atomic E-state index is 0.303. The second kappa shape index (κ2) is 6.08. The predicted molar refractivity (Wildman–Crippen MR) is 78.5 cm³/mol. The van der Waals surface area contributed by atoms with Crippen molar-refractivity contribution in [1.29, 1.82) is 0 Å². The fourth-order valence-corrected chi connectivity index (χ4v) is 2.30. The SMILES string of the molecule is CC(CCN(C)C)n1c(-c2ccncc2)n[nH]c1=S. The van der Waals surface area contributed by atoms with E-state index in [1.165, 1.54) is 0 Å². The number of hydrogen-bond donors (Lipinski definition) is 1. The molecule has 0 saturated heterocycles. The molecule has 6 heteroatoms. The predicted octanol–water partition coefficient (Wildman–Crippen LogP) is 2.52. The zero-order valence-electron chi connectivity index (χ0n) is 11.5. The number of H-pyrrole nitrogens is 1. The van der Waals surface area contributed by atoms with Gasteiger partial charge in [-0.2, -0.15) is 5.10 Å². The molecule has 102 valence electrons. The van der Waals surface area contributed by atoms with E-state index in [0.29, 0.717) is 10.8 Å². The summed E-state index contributed by atoms with van der Waals surface area (Å²) in [4.78, 5) is 6.20. The molecule has 0 bridgehead atoms. The Morgan fingerprint density at radius 1 is 1.37 bits per heavy atom. The van der Waals surface area contributed by atoms with Crippen LogP contribution in [0.4, 0.5) is 0 Å². The maximum Gasteiger partial charge on any atom is 0.195 e. The maximum absolute atomic E-state index is 5.34. The second-order valence-corrected chi connectivity index (χ2v) is 5.29. The largest absolute Gasteiger partial charge is 0.309 e. The third kappa shape index (κ3) is 3.27. The molecule has 5 nitrogen and oxygen atoms in total. The van der Waals surface area contributed by atoms with Crippen LogP contribution in [-0.2, 0) is 0 Å². The van der Waals surface area contributed by atoms with Gasteiger partial charge >= 0.3 is 0 Å². The molecule has 0 saturated carbocycles. The summed E-state index contributed by atoms with van der Waals surface area (Å²) in [6, 6.07) is 4.19. The molecule has 0 aliphatic heterocycles. The van der Waals surface area contributed by atoms with Gasteiger partial charge in [0.25, 0.3) is 0 Å². The molecule has 0 spiro atoms. The number of aromatic nitrogens is 4. The molecule has 0 fully saturated rings. The van der Waals surface area contributed by atoms with E-state index in [1.807, 2.05) is 12.1 Å². The van der Waals surface area contributed by atoms with Crippen LogP contribution in [0.15, 0.2) is 24.5 Å². The van der Waals surface area contributed by atoms with E-state index in [9.17, 15) is 0 Å². The van der Waals surface area contributed by atoms with Gasteiger partial charge in [0.2, 0.25) is 0 Å². The fourth-order valence-electron chi connectivity index (χ4n) is 1.99. The van der Waals surface area contributed by atoms with Crippen molar-refractivity contribution in [3.63, 3.8) is 0 Å². The van der Waals surface area contributed by atoms with Crippen molar-refractivity contribution in [3.05, 3.63) is 29.3 Å². The van der Waals surface area contributed by atoms with Crippen LogP contribution in [0.2, 0.25) is 0 Å². The van der Waals surface area contributed by atoms with E-state index in [-0.39, 0.29) is 0 Å². The first-order chi connectivity index (χ1) is 9.09. The minimum Gasteiger partial charge on any atom is -0.309 e. The first-order valence-corrected chi connectivity index (χ1v) is 6.72. The van der Waals surface area contributed by atoms with Crippen LogP contribution in [-0.4, -0.2) is 45.3 Å². The molecule has 2 aromatic heterocycles. The Labute approximate surface area is 118 Å². The molecule has 1 N–H and O–H groups in total. The van der Waals surface area contributed by atoms with Crippen LogP contribution in [0.1, 0.15) is 19.4 Å². The monoisotopic (exact) mass is 277 g/mol. The Morgan fingerprint density at radius 3 is 2.68 bits per heavy atom. The molecule has 1 unspecified atom stereocenters. The molecule has 2 heterocycles. The quantitative estimate of drug-likeness (QED) is 0.853. The molecule has 19 heavy (non-hydrogen) atoms. The van der Waals surface area contributed by atoms with Gasteiger partial charge in [-0.25, -0.2) is 0 Å². The number of rotatable bonds is 5. The van der Waals surface area contributed by atoms with E-state index in [2.05, 4.69) is 45.7 Å². The van der Waals surface area contributed by atoms with Gasteiger partial charge in [0.15, 0.2) is 10.6 Å². The summed E-state index contributed by atoms with van der Waals surface area (Å²) in [5.41, 5.74) is 1.03. The molecule has 1 atom stereocenters. The molecule has 0 radical (unpaired) electrons. The number of hydrogen-bond acceptors (Lipinski definition) is 4. The van der Waals surface area contributed by atoms with E-state index < -0.39 is 0 Å². The molecule has 0 amide bonds. The van der Waals surface area contributed by atoms with Gasteiger partial charge in [0.1, 0.15) is 0 Å². The fraction of sp³-hybridized carbons (Fsp3) is 0.462. The van der Waals surface area contributed by atoms with Gasteiger partial charge in [-0.15, -0.1) is 0 Å². The zero-order chi connectivity index (χ0) is 13.8. The lowest BCUT2D eigenvalue weighted by molar-refractivity contribution is 0.357. The second-order valence-electron chi connectivity index (χ2n) is 4.90. The van der Waals surface area contributed by atoms with Crippen LogP contribution >= 0.6 is 12.2 Å². The average molecular weight is 277 g/mol. The Kier molecular flexibility index (Phi) is 4.44. The molecule has 0 aliphatic carbocycles. The molecule has 2 rings (SSSR count). The molecule has 0 aliphatic rings. The summed E-state index contributed by atoms with van der Waals surface area (Å²) in [5, 5.41) is 7.22. The van der Waals surface area contributed by atoms with Crippen molar-refractivity contribution in [1.82, 2.24) is 24.6 Å². The first kappa shape index (κ1) is 13.9. The highest BCUT2D eigenvalue weighted by Gasteiger charge is 2.14. The Morgan fingerprint density at radius 2 is 2.05 bits per heavy atom. The lowest BCUT2D eigenvalue weighted by Gasteiger charge is -2.18. The smallest absolute Gasteiger partial charge is 0.195 e. The number of pyridine rings is 1. The van der Waals surface area contributed by atoms with Crippen molar-refractivity contribution in [2.75, 3.05) is 20.6 Å². The van der Waals surface area contributed by atoms with Crippen molar-refractivity contribution in [3.8, 4) is 11.4 Å². The number of aromatic amines is 1. The number of nitrogens with one attached hydrogen (secondary N) is 1. The molecule has 2 aromatic rings. The van der Waals surface area contributed by atoms with E-state index in [0.717, 1.165) is 24.4 Å². The normalized spacial score (nSPS) is 12.8. The summed E-state index contributed by atoms with van der Waals surface area (Å²) in [5.74, 6) is 0.874. The van der Waals surface area contributed by atoms with Crippen LogP contribution in [0.25, 0.3) is 11.4 Å². The standard InChI is InChI=1S/C13H19N5S/c1-10(6-9-17(2)3)18-12(15-16-13(18)19)11-4-7-14-8-5-11/h4-5,7-8,10H,6,9H2,1-3H3,(H,16,19). The lowest BCUT2D eigenvalue weighted by Crippen LogP contribution is -2.18. The maximum atomic E-state index is 5.34. The van der Waals surface area contributed by atoms with Crippen molar-refractivity contribution in [2.45, 2.75) is 19.4 Å². The highest BCUT2D eigenvalue weighted by Crippen LogP contribution is 2.22. The first-order valence-electron chi connectivity index (χ1n) is 6.31. The topological polar surface area (TPSA) is 49.7 Å². The third-order valence-electron chi connectivity index (χ3n) is 3.08. The Balaban J connectivity index is 2.30. The van der Waals surface area contributed by atoms with Gasteiger partial charge < -0.3 is 4.90 Å². The summed E-state index contributed by atoms with van der Waals surface area (Å²) >= 11 is 5.34. The summed E-state index contributed by atoms with van der Waals surface area (Å²) in [6.07, 6.45) is 4.56. The lowest BCUT2D eigenvalue weighted by atomic mass is 10.2. The highest BCUT2D eigenvalue weighted by molar-refractivity contribution is 7.71.